The summed E-state index contributed by atoms with van der Waals surface area (Å²) in [4.78, 5) is 27.3. The van der Waals surface area contributed by atoms with Crippen molar-refractivity contribution in [2.24, 2.45) is 0 Å². The van der Waals surface area contributed by atoms with Gasteiger partial charge >= 0.3 is 0 Å². The number of nitrogens with one attached hydrogen (secondary N) is 3. The third-order valence-electron chi connectivity index (χ3n) is 4.15. The Kier molecular flexibility index (Phi) is 5.73. The number of rotatable bonds is 6. The lowest BCUT2D eigenvalue weighted by atomic mass is 10.1. The van der Waals surface area contributed by atoms with E-state index in [1.807, 2.05) is 24.4 Å². The number of anilines is 1. The lowest BCUT2D eigenvalue weighted by Gasteiger charge is -2.12. The average Bonchev–Trinajstić information content (AvgIpc) is 3.05. The van der Waals surface area contributed by atoms with Crippen molar-refractivity contribution in [3.8, 4) is 0 Å². The summed E-state index contributed by atoms with van der Waals surface area (Å²) in [5, 5.41) is 6.86. The molecule has 134 valence electrons. The van der Waals surface area contributed by atoms with Crippen molar-refractivity contribution >= 4 is 44.3 Å². The summed E-state index contributed by atoms with van der Waals surface area (Å²) in [6.45, 7) is 2.25. The molecule has 0 aliphatic rings. The summed E-state index contributed by atoms with van der Waals surface area (Å²) >= 11 is 3.23. The number of carbonyl (C=O) groups excluding carboxylic acids is 2. The Bertz CT molecular complexity index is 933. The quantitative estimate of drug-likeness (QED) is 0.536. The summed E-state index contributed by atoms with van der Waals surface area (Å²) in [5.74, 6) is -0.396. The van der Waals surface area contributed by atoms with Crippen molar-refractivity contribution in [1.29, 1.82) is 0 Å². The Morgan fingerprint density at radius 2 is 1.85 bits per heavy atom. The number of amides is 2. The first-order chi connectivity index (χ1) is 12.6. The number of aromatic nitrogens is 1. The van der Waals surface area contributed by atoms with Gasteiger partial charge in [-0.2, -0.15) is 0 Å². The van der Waals surface area contributed by atoms with Gasteiger partial charge in [-0.25, -0.2) is 0 Å². The van der Waals surface area contributed by atoms with E-state index in [1.54, 1.807) is 31.2 Å². The summed E-state index contributed by atoms with van der Waals surface area (Å²) in [7, 11) is 0. The number of carbonyl (C=O) groups is 2. The Labute approximate surface area is 160 Å². The predicted octanol–water partition coefficient (Wildman–Crippen LogP) is 3.86. The SMILES string of the molecule is CC(Br)C(=O)Nc1ccccc1C(=O)NCCc1c[nH]c2ccccc12. The van der Waals surface area contributed by atoms with E-state index in [4.69, 9.17) is 0 Å². The molecular formula is C20H20BrN3O2. The van der Waals surface area contributed by atoms with Gasteiger partial charge in [-0.1, -0.05) is 46.3 Å². The molecule has 1 heterocycles. The van der Waals surface area contributed by atoms with Crippen molar-refractivity contribution in [2.75, 3.05) is 11.9 Å². The van der Waals surface area contributed by atoms with Gasteiger partial charge in [0, 0.05) is 23.6 Å². The van der Waals surface area contributed by atoms with Gasteiger partial charge in [0.05, 0.1) is 16.1 Å². The topological polar surface area (TPSA) is 74.0 Å². The zero-order chi connectivity index (χ0) is 18.5. The number of alkyl halides is 1. The van der Waals surface area contributed by atoms with Crippen LogP contribution in [0.1, 0.15) is 22.8 Å². The molecule has 0 saturated heterocycles. The zero-order valence-electron chi connectivity index (χ0n) is 14.4. The fraction of sp³-hybridized carbons (Fsp3) is 0.200. The second-order valence-electron chi connectivity index (χ2n) is 6.02. The Hall–Kier alpha value is -2.60. The van der Waals surface area contributed by atoms with Crippen molar-refractivity contribution in [2.45, 2.75) is 18.2 Å². The summed E-state index contributed by atoms with van der Waals surface area (Å²) in [6.07, 6.45) is 2.70. The van der Waals surface area contributed by atoms with Crippen LogP contribution in [0.2, 0.25) is 0 Å². The molecule has 5 nitrogen and oxygen atoms in total. The maximum Gasteiger partial charge on any atom is 0.253 e. The monoisotopic (exact) mass is 413 g/mol. The highest BCUT2D eigenvalue weighted by Crippen LogP contribution is 2.18. The normalized spacial score (nSPS) is 11.9. The molecule has 0 saturated carbocycles. The Morgan fingerprint density at radius 1 is 1.12 bits per heavy atom. The van der Waals surface area contributed by atoms with Gasteiger partial charge in [0.2, 0.25) is 5.91 Å². The van der Waals surface area contributed by atoms with Crippen LogP contribution >= 0.6 is 15.9 Å². The van der Waals surface area contributed by atoms with E-state index in [0.717, 1.165) is 17.5 Å². The van der Waals surface area contributed by atoms with Gasteiger partial charge < -0.3 is 15.6 Å². The molecule has 0 aliphatic carbocycles. The molecular weight excluding hydrogens is 394 g/mol. The molecule has 2 aromatic carbocycles. The Balaban J connectivity index is 1.64. The molecule has 0 radical (unpaired) electrons. The summed E-state index contributed by atoms with van der Waals surface area (Å²) < 4.78 is 0. The van der Waals surface area contributed by atoms with Crippen LogP contribution in [-0.2, 0) is 11.2 Å². The zero-order valence-corrected chi connectivity index (χ0v) is 16.0. The van der Waals surface area contributed by atoms with Gasteiger partial charge in [0.1, 0.15) is 0 Å². The third kappa shape index (κ3) is 4.14. The summed E-state index contributed by atoms with van der Waals surface area (Å²) in [6, 6.07) is 15.1. The summed E-state index contributed by atoms with van der Waals surface area (Å²) in [5.41, 5.74) is 3.21. The van der Waals surface area contributed by atoms with Crippen LogP contribution in [0.25, 0.3) is 10.9 Å². The fourth-order valence-electron chi connectivity index (χ4n) is 2.77. The molecule has 26 heavy (non-hydrogen) atoms. The number of halogens is 1. The maximum atomic E-state index is 12.5. The third-order valence-corrected chi connectivity index (χ3v) is 4.56. The molecule has 6 heteroatoms. The van der Waals surface area contributed by atoms with E-state index < -0.39 is 0 Å². The predicted molar refractivity (Wildman–Crippen MR) is 108 cm³/mol. The first kappa shape index (κ1) is 18.2. The van der Waals surface area contributed by atoms with Gasteiger partial charge in [-0.3, -0.25) is 9.59 Å². The van der Waals surface area contributed by atoms with Crippen LogP contribution in [0.15, 0.2) is 54.7 Å². The lowest BCUT2D eigenvalue weighted by molar-refractivity contribution is -0.115. The molecule has 3 N–H and O–H groups in total. The second kappa shape index (κ2) is 8.19. The number of para-hydroxylation sites is 2. The molecule has 1 atom stereocenters. The molecule has 1 aromatic heterocycles. The minimum absolute atomic E-state index is 0.191. The highest BCUT2D eigenvalue weighted by molar-refractivity contribution is 9.10. The van der Waals surface area contributed by atoms with Crippen LogP contribution in [0.5, 0.6) is 0 Å². The van der Waals surface area contributed by atoms with E-state index in [2.05, 4.69) is 37.6 Å². The average molecular weight is 414 g/mol. The van der Waals surface area contributed by atoms with E-state index in [0.29, 0.717) is 17.8 Å². The van der Waals surface area contributed by atoms with Crippen LogP contribution < -0.4 is 10.6 Å². The van der Waals surface area contributed by atoms with Crippen molar-refractivity contribution in [1.82, 2.24) is 10.3 Å². The molecule has 1 unspecified atom stereocenters. The maximum absolute atomic E-state index is 12.5. The standard InChI is InChI=1S/C20H20BrN3O2/c1-13(21)19(25)24-18-9-5-3-7-16(18)20(26)22-11-10-14-12-23-17-8-4-2-6-15(14)17/h2-9,12-13,23H,10-11H2,1H3,(H,22,26)(H,24,25). The molecule has 0 aliphatic heterocycles. The first-order valence-electron chi connectivity index (χ1n) is 8.43. The number of hydrogen-bond donors (Lipinski definition) is 3. The molecule has 0 fully saturated rings. The number of benzene rings is 2. The van der Waals surface area contributed by atoms with E-state index in [9.17, 15) is 9.59 Å². The second-order valence-corrected chi connectivity index (χ2v) is 7.39. The fourth-order valence-corrected chi connectivity index (χ4v) is 2.88. The van der Waals surface area contributed by atoms with Gasteiger partial charge in [0.25, 0.3) is 5.91 Å². The smallest absolute Gasteiger partial charge is 0.253 e. The number of H-pyrrole nitrogens is 1. The highest BCUT2D eigenvalue weighted by Gasteiger charge is 2.15. The Morgan fingerprint density at radius 3 is 2.65 bits per heavy atom. The van der Waals surface area contributed by atoms with E-state index in [-0.39, 0.29) is 16.6 Å². The van der Waals surface area contributed by atoms with Gasteiger partial charge in [-0.15, -0.1) is 0 Å². The van der Waals surface area contributed by atoms with Crippen LogP contribution in [0, 0.1) is 0 Å². The minimum Gasteiger partial charge on any atom is -0.361 e. The van der Waals surface area contributed by atoms with Crippen LogP contribution in [-0.4, -0.2) is 28.2 Å². The van der Waals surface area contributed by atoms with Crippen molar-refractivity contribution < 1.29 is 9.59 Å². The highest BCUT2D eigenvalue weighted by atomic mass is 79.9. The van der Waals surface area contributed by atoms with Gasteiger partial charge in [-0.05, 0) is 37.1 Å². The van der Waals surface area contributed by atoms with E-state index in [1.165, 1.54) is 5.39 Å². The molecule has 3 rings (SSSR count). The van der Waals surface area contributed by atoms with Crippen LogP contribution in [0.3, 0.4) is 0 Å². The van der Waals surface area contributed by atoms with Gasteiger partial charge in [0.15, 0.2) is 0 Å². The number of aromatic amines is 1. The minimum atomic E-state index is -0.333. The van der Waals surface area contributed by atoms with Crippen molar-refractivity contribution in [3.63, 3.8) is 0 Å². The molecule has 0 bridgehead atoms. The molecule has 3 aromatic rings. The van der Waals surface area contributed by atoms with Crippen molar-refractivity contribution in [3.05, 3.63) is 65.9 Å². The lowest BCUT2D eigenvalue weighted by Crippen LogP contribution is -2.28. The van der Waals surface area contributed by atoms with Crippen LogP contribution in [0.4, 0.5) is 5.69 Å². The van der Waals surface area contributed by atoms with E-state index >= 15 is 0 Å². The molecule has 0 spiro atoms. The first-order valence-corrected chi connectivity index (χ1v) is 9.35. The number of hydrogen-bond acceptors (Lipinski definition) is 2. The molecule has 2 amide bonds. The number of fused-ring (bicyclic) bond motifs is 1. The largest absolute Gasteiger partial charge is 0.361 e.